The van der Waals surface area contributed by atoms with Crippen molar-refractivity contribution in [2.24, 2.45) is 0 Å². The van der Waals surface area contributed by atoms with E-state index in [1.54, 1.807) is 0 Å². The number of rotatable bonds is 13. The minimum Gasteiger partial charge on any atom is -0.375 e. The SMILES string of the molecule is CCCCCC#C[C@H]1[C@@H](OCc2ccccc2)[C@H](OCc2ccccc2)[C@H](COCc2ccccc2)N1O. The zero-order chi connectivity index (χ0) is 26.4. The van der Waals surface area contributed by atoms with Crippen molar-refractivity contribution in [3.63, 3.8) is 0 Å². The van der Waals surface area contributed by atoms with Crippen LogP contribution >= 0.6 is 0 Å². The predicted octanol–water partition coefficient (Wildman–Crippen LogP) is 6.40. The van der Waals surface area contributed by atoms with E-state index in [9.17, 15) is 5.21 Å². The summed E-state index contributed by atoms with van der Waals surface area (Å²) in [6, 6.07) is 29.3. The van der Waals surface area contributed by atoms with Crippen LogP contribution in [0.2, 0.25) is 0 Å². The summed E-state index contributed by atoms with van der Waals surface area (Å²) in [5, 5.41) is 12.7. The van der Waals surface area contributed by atoms with Crippen molar-refractivity contribution < 1.29 is 19.4 Å². The van der Waals surface area contributed by atoms with Gasteiger partial charge in [0.15, 0.2) is 0 Å². The maximum Gasteiger partial charge on any atom is 0.125 e. The molecule has 5 nitrogen and oxygen atoms in total. The Kier molecular flexibility index (Phi) is 11.4. The molecule has 0 spiro atoms. The minimum atomic E-state index is -0.508. The fourth-order valence-electron chi connectivity index (χ4n) is 4.66. The highest BCUT2D eigenvalue weighted by Gasteiger charge is 2.50. The van der Waals surface area contributed by atoms with Gasteiger partial charge in [0.05, 0.1) is 32.5 Å². The first-order valence-corrected chi connectivity index (χ1v) is 13.6. The molecule has 0 aromatic heterocycles. The third-order valence-electron chi connectivity index (χ3n) is 6.77. The summed E-state index contributed by atoms with van der Waals surface area (Å²) in [7, 11) is 0. The molecule has 1 fully saturated rings. The normalized spacial score (nSPS) is 21.2. The van der Waals surface area contributed by atoms with E-state index in [0.29, 0.717) is 26.4 Å². The Labute approximate surface area is 227 Å². The first kappa shape index (κ1) is 28.0. The molecule has 4 atom stereocenters. The molecule has 0 saturated carbocycles. The number of nitrogens with zero attached hydrogens (tertiary/aromatic N) is 1. The predicted molar refractivity (Wildman–Crippen MR) is 149 cm³/mol. The highest BCUT2D eigenvalue weighted by molar-refractivity contribution is 5.19. The Morgan fingerprint density at radius 3 is 1.79 bits per heavy atom. The maximum atomic E-state index is 11.4. The van der Waals surface area contributed by atoms with Crippen LogP contribution in [0.1, 0.15) is 49.3 Å². The van der Waals surface area contributed by atoms with Crippen LogP contribution in [0.25, 0.3) is 0 Å². The van der Waals surface area contributed by atoms with Crippen LogP contribution in [0.3, 0.4) is 0 Å². The second-order valence-corrected chi connectivity index (χ2v) is 9.69. The highest BCUT2D eigenvalue weighted by Crippen LogP contribution is 2.30. The van der Waals surface area contributed by atoms with E-state index in [1.807, 2.05) is 91.0 Å². The molecule has 0 aliphatic carbocycles. The van der Waals surface area contributed by atoms with Crippen molar-refractivity contribution in [2.45, 2.75) is 76.7 Å². The van der Waals surface area contributed by atoms with Gasteiger partial charge in [0.1, 0.15) is 18.2 Å². The number of hydroxylamine groups is 2. The average Bonchev–Trinajstić information content (AvgIpc) is 3.21. The Bertz CT molecular complexity index is 1110. The zero-order valence-corrected chi connectivity index (χ0v) is 22.2. The van der Waals surface area contributed by atoms with Crippen LogP contribution in [-0.2, 0) is 34.0 Å². The summed E-state index contributed by atoms with van der Waals surface area (Å²) in [4.78, 5) is 0. The molecule has 200 valence electrons. The van der Waals surface area contributed by atoms with Crippen LogP contribution in [0.15, 0.2) is 91.0 Å². The van der Waals surface area contributed by atoms with Gasteiger partial charge in [-0.3, -0.25) is 0 Å². The first-order valence-electron chi connectivity index (χ1n) is 13.6. The van der Waals surface area contributed by atoms with Crippen LogP contribution in [0.4, 0.5) is 0 Å². The van der Waals surface area contributed by atoms with E-state index in [2.05, 4.69) is 18.8 Å². The number of unbranched alkanes of at least 4 members (excludes halogenated alkanes) is 3. The van der Waals surface area contributed by atoms with Gasteiger partial charge in [0, 0.05) is 6.42 Å². The Morgan fingerprint density at radius 2 is 1.24 bits per heavy atom. The third-order valence-corrected chi connectivity index (χ3v) is 6.77. The minimum absolute atomic E-state index is 0.296. The van der Waals surface area contributed by atoms with E-state index < -0.39 is 24.3 Å². The van der Waals surface area contributed by atoms with Crippen molar-refractivity contribution in [1.82, 2.24) is 5.06 Å². The van der Waals surface area contributed by atoms with E-state index in [0.717, 1.165) is 42.4 Å². The van der Waals surface area contributed by atoms with Gasteiger partial charge in [0.25, 0.3) is 0 Å². The van der Waals surface area contributed by atoms with Crippen molar-refractivity contribution in [3.8, 4) is 11.8 Å². The number of ether oxygens (including phenoxy) is 3. The molecule has 3 aromatic carbocycles. The topological polar surface area (TPSA) is 51.2 Å². The van der Waals surface area contributed by atoms with Crippen LogP contribution in [0, 0.1) is 11.8 Å². The monoisotopic (exact) mass is 513 g/mol. The molecule has 3 aromatic rings. The first-order chi connectivity index (χ1) is 18.8. The molecule has 0 unspecified atom stereocenters. The smallest absolute Gasteiger partial charge is 0.125 e. The number of hydrogen-bond acceptors (Lipinski definition) is 5. The number of benzene rings is 3. The van der Waals surface area contributed by atoms with Crippen molar-refractivity contribution in [1.29, 1.82) is 0 Å². The molecule has 38 heavy (non-hydrogen) atoms. The molecule has 1 saturated heterocycles. The average molecular weight is 514 g/mol. The molecular formula is C33H39NO4. The molecule has 1 heterocycles. The summed E-state index contributed by atoms with van der Waals surface area (Å²) in [5.74, 6) is 6.60. The van der Waals surface area contributed by atoms with Gasteiger partial charge in [0.2, 0.25) is 0 Å². The molecule has 0 radical (unpaired) electrons. The molecule has 1 N–H and O–H groups in total. The van der Waals surface area contributed by atoms with E-state index in [4.69, 9.17) is 14.2 Å². The van der Waals surface area contributed by atoms with Gasteiger partial charge in [-0.1, -0.05) is 117 Å². The Hall–Kier alpha value is -2.98. The molecule has 1 aliphatic heterocycles. The summed E-state index contributed by atoms with van der Waals surface area (Å²) in [6.45, 7) is 3.76. The second-order valence-electron chi connectivity index (χ2n) is 9.69. The van der Waals surface area contributed by atoms with Crippen LogP contribution < -0.4 is 0 Å². The lowest BCUT2D eigenvalue weighted by atomic mass is 10.1. The van der Waals surface area contributed by atoms with Crippen LogP contribution in [0.5, 0.6) is 0 Å². The fourth-order valence-corrected chi connectivity index (χ4v) is 4.66. The lowest BCUT2D eigenvalue weighted by molar-refractivity contribution is -0.155. The zero-order valence-electron chi connectivity index (χ0n) is 22.2. The molecule has 1 aliphatic rings. The Balaban J connectivity index is 1.53. The van der Waals surface area contributed by atoms with Gasteiger partial charge in [-0.2, -0.15) is 5.06 Å². The quantitative estimate of drug-likeness (QED) is 0.212. The summed E-state index contributed by atoms with van der Waals surface area (Å²) >= 11 is 0. The van der Waals surface area contributed by atoms with E-state index in [-0.39, 0.29) is 0 Å². The van der Waals surface area contributed by atoms with Crippen molar-refractivity contribution in [2.75, 3.05) is 6.61 Å². The molecule has 0 amide bonds. The molecule has 4 rings (SSSR count). The Morgan fingerprint density at radius 1 is 0.711 bits per heavy atom. The van der Waals surface area contributed by atoms with Crippen molar-refractivity contribution >= 4 is 0 Å². The fraction of sp³-hybridized carbons (Fsp3) is 0.394. The summed E-state index contributed by atoms with van der Waals surface area (Å²) in [5.41, 5.74) is 3.22. The number of hydrogen-bond donors (Lipinski definition) is 1. The van der Waals surface area contributed by atoms with Crippen molar-refractivity contribution in [3.05, 3.63) is 108 Å². The summed E-state index contributed by atoms with van der Waals surface area (Å²) < 4.78 is 19.0. The lowest BCUT2D eigenvalue weighted by Crippen LogP contribution is -2.40. The maximum absolute atomic E-state index is 11.4. The second kappa shape index (κ2) is 15.4. The molecule has 5 heteroatoms. The van der Waals surface area contributed by atoms with E-state index >= 15 is 0 Å². The van der Waals surface area contributed by atoms with E-state index in [1.165, 1.54) is 5.06 Å². The molecule has 0 bridgehead atoms. The van der Waals surface area contributed by atoms with Crippen LogP contribution in [-0.4, -0.2) is 41.2 Å². The van der Waals surface area contributed by atoms with Gasteiger partial charge >= 0.3 is 0 Å². The lowest BCUT2D eigenvalue weighted by Gasteiger charge is -2.25. The summed E-state index contributed by atoms with van der Waals surface area (Å²) in [6.07, 6.45) is 3.29. The largest absolute Gasteiger partial charge is 0.375 e. The van der Waals surface area contributed by atoms with Gasteiger partial charge in [-0.25, -0.2) is 0 Å². The van der Waals surface area contributed by atoms with Gasteiger partial charge in [-0.15, -0.1) is 5.92 Å². The molecular weight excluding hydrogens is 474 g/mol. The third kappa shape index (κ3) is 8.26. The standard InChI is InChI=1S/C33H39NO4/c1-2-3-4-5-15-22-30-32(37-24-28-18-11-7-12-19-28)33(38-25-29-20-13-8-14-21-29)31(34(30)35)26-36-23-27-16-9-6-10-17-27/h6-14,16-21,30-33,35H,2-5,23-26H2,1H3/t30-,31-,32+,33+/m0/s1. The van der Waals surface area contributed by atoms with Gasteiger partial charge < -0.3 is 19.4 Å². The van der Waals surface area contributed by atoms with Gasteiger partial charge in [-0.05, 0) is 23.1 Å². The highest BCUT2D eigenvalue weighted by atomic mass is 16.6.